The van der Waals surface area contributed by atoms with E-state index >= 15 is 0 Å². The number of amides is 4. The van der Waals surface area contributed by atoms with E-state index in [1.165, 1.54) is 9.75 Å². The molecule has 0 aliphatic carbocycles. The third-order valence-corrected chi connectivity index (χ3v) is 7.32. The molecule has 0 saturated carbocycles. The van der Waals surface area contributed by atoms with E-state index in [1.54, 1.807) is 41.7 Å². The maximum absolute atomic E-state index is 12.8. The summed E-state index contributed by atoms with van der Waals surface area (Å²) in [5.41, 5.74) is 2.76. The van der Waals surface area contributed by atoms with Gasteiger partial charge in [-0.3, -0.25) is 24.5 Å². The van der Waals surface area contributed by atoms with Gasteiger partial charge < -0.3 is 25.8 Å². The lowest BCUT2D eigenvalue weighted by atomic mass is 10.1. The molecule has 222 valence electrons. The molecule has 4 amide bonds. The van der Waals surface area contributed by atoms with Gasteiger partial charge in [-0.05, 0) is 60.9 Å². The summed E-state index contributed by atoms with van der Waals surface area (Å²) < 4.78 is 5.33. The van der Waals surface area contributed by atoms with Gasteiger partial charge in [-0.1, -0.05) is 40.2 Å². The zero-order valence-corrected chi connectivity index (χ0v) is 25.2. The molecule has 13 heteroatoms. The average molecular weight is 660 g/mol. The Kier molecular flexibility index (Phi) is 12.5. The Morgan fingerprint density at radius 3 is 2.36 bits per heavy atom. The highest BCUT2D eigenvalue weighted by atomic mass is 79.9. The SMILES string of the molecule is Cc1ccc(Cc2cccc(NC(=O)OCc3ccc(NC(=O)[C@H](CCC(=O)O)NC(=O)CNC(=O)CBr)cc3)c2)s1. The van der Waals surface area contributed by atoms with E-state index in [2.05, 4.69) is 56.3 Å². The Morgan fingerprint density at radius 2 is 1.69 bits per heavy atom. The highest BCUT2D eigenvalue weighted by molar-refractivity contribution is 9.09. The second-order valence-corrected chi connectivity index (χ2v) is 11.2. The number of alkyl halides is 1. The number of halogens is 1. The molecule has 42 heavy (non-hydrogen) atoms. The van der Waals surface area contributed by atoms with Gasteiger partial charge in [0.25, 0.3) is 0 Å². The number of anilines is 2. The van der Waals surface area contributed by atoms with Crippen LogP contribution in [0.25, 0.3) is 0 Å². The van der Waals surface area contributed by atoms with E-state index in [0.29, 0.717) is 16.9 Å². The first-order valence-corrected chi connectivity index (χ1v) is 14.9. The van der Waals surface area contributed by atoms with Crippen LogP contribution in [0.5, 0.6) is 0 Å². The predicted molar refractivity (Wildman–Crippen MR) is 163 cm³/mol. The minimum absolute atomic E-state index is 0.00830. The fraction of sp³-hybridized carbons (Fsp3) is 0.276. The minimum atomic E-state index is -1.13. The first kappa shape index (κ1) is 32.3. The van der Waals surface area contributed by atoms with Crippen molar-refractivity contribution >= 4 is 68.4 Å². The number of benzene rings is 2. The van der Waals surface area contributed by atoms with Crippen LogP contribution in [0.2, 0.25) is 0 Å². The number of ether oxygens (including phenoxy) is 1. The Labute approximate surface area is 255 Å². The number of rotatable bonds is 14. The van der Waals surface area contributed by atoms with E-state index in [0.717, 1.165) is 12.0 Å². The van der Waals surface area contributed by atoms with Gasteiger partial charge in [-0.25, -0.2) is 4.79 Å². The molecule has 0 unspecified atom stereocenters. The molecular formula is C29H31BrN4O7S. The number of nitrogens with one attached hydrogen (secondary N) is 4. The Balaban J connectivity index is 1.49. The second kappa shape index (κ2) is 16.3. The summed E-state index contributed by atoms with van der Waals surface area (Å²) in [6.07, 6.45) is -0.324. The zero-order valence-electron chi connectivity index (χ0n) is 22.8. The predicted octanol–water partition coefficient (Wildman–Crippen LogP) is 4.20. The van der Waals surface area contributed by atoms with Crippen LogP contribution >= 0.6 is 27.3 Å². The molecule has 0 aliphatic rings. The molecule has 0 saturated heterocycles. The number of hydrogen-bond donors (Lipinski definition) is 5. The summed E-state index contributed by atoms with van der Waals surface area (Å²) in [6, 6.07) is 17.1. The molecule has 0 aliphatic heterocycles. The lowest BCUT2D eigenvalue weighted by molar-refractivity contribution is -0.137. The van der Waals surface area contributed by atoms with Crippen molar-refractivity contribution in [2.75, 3.05) is 22.5 Å². The van der Waals surface area contributed by atoms with Crippen molar-refractivity contribution in [3.8, 4) is 0 Å². The molecule has 0 bridgehead atoms. The molecule has 2 aromatic carbocycles. The Hall–Kier alpha value is -4.23. The standard InChI is InChI=1S/C29H31BrN4O7S/c1-18-5-10-23(42-18)14-20-3-2-4-22(13-20)33-29(40)41-17-19-6-8-21(9-7-19)32-28(39)24(11-12-27(37)38)34-26(36)16-31-25(35)15-30/h2-10,13,24H,11-12,14-17H2,1H3,(H,31,35)(H,32,39)(H,33,40)(H,34,36)(H,37,38)/t24-/m0/s1. The number of aliphatic carboxylic acids is 1. The van der Waals surface area contributed by atoms with Gasteiger partial charge >= 0.3 is 12.1 Å². The van der Waals surface area contributed by atoms with Crippen LogP contribution in [0.3, 0.4) is 0 Å². The van der Waals surface area contributed by atoms with Crippen LogP contribution in [0.1, 0.15) is 33.7 Å². The van der Waals surface area contributed by atoms with Crippen molar-refractivity contribution in [3.05, 3.63) is 81.5 Å². The third kappa shape index (κ3) is 11.3. The van der Waals surface area contributed by atoms with Crippen molar-refractivity contribution in [1.29, 1.82) is 0 Å². The highest BCUT2D eigenvalue weighted by Gasteiger charge is 2.22. The second-order valence-electron chi connectivity index (χ2n) is 9.24. The van der Waals surface area contributed by atoms with Gasteiger partial charge in [0, 0.05) is 34.0 Å². The van der Waals surface area contributed by atoms with Crippen LogP contribution in [-0.4, -0.2) is 52.8 Å². The molecule has 3 aromatic rings. The van der Waals surface area contributed by atoms with Crippen molar-refractivity contribution in [3.63, 3.8) is 0 Å². The van der Waals surface area contributed by atoms with E-state index in [-0.39, 0.29) is 31.3 Å². The number of carbonyl (C=O) groups excluding carboxylic acids is 4. The van der Waals surface area contributed by atoms with Crippen molar-refractivity contribution in [2.24, 2.45) is 0 Å². The lowest BCUT2D eigenvalue weighted by Gasteiger charge is -2.18. The zero-order chi connectivity index (χ0) is 30.5. The maximum Gasteiger partial charge on any atom is 0.411 e. The van der Waals surface area contributed by atoms with E-state index < -0.39 is 35.8 Å². The number of thiophene rings is 1. The number of hydrogen-bond acceptors (Lipinski definition) is 7. The molecule has 1 atom stereocenters. The van der Waals surface area contributed by atoms with Crippen LogP contribution in [0.15, 0.2) is 60.7 Å². The summed E-state index contributed by atoms with van der Waals surface area (Å²) in [6.45, 7) is 1.70. The van der Waals surface area contributed by atoms with Crippen LogP contribution in [0.4, 0.5) is 16.2 Å². The number of carboxylic acid groups (broad SMARTS) is 1. The average Bonchev–Trinajstić information content (AvgIpc) is 3.37. The number of carbonyl (C=O) groups is 5. The Morgan fingerprint density at radius 1 is 0.929 bits per heavy atom. The molecule has 0 radical (unpaired) electrons. The number of aryl methyl sites for hydroxylation is 1. The van der Waals surface area contributed by atoms with Crippen molar-refractivity contribution in [2.45, 2.75) is 38.8 Å². The van der Waals surface area contributed by atoms with Gasteiger partial charge in [-0.15, -0.1) is 11.3 Å². The molecule has 0 spiro atoms. The smallest absolute Gasteiger partial charge is 0.411 e. The quantitative estimate of drug-likeness (QED) is 0.162. The van der Waals surface area contributed by atoms with Crippen LogP contribution in [0, 0.1) is 6.92 Å². The summed E-state index contributed by atoms with van der Waals surface area (Å²) in [7, 11) is 0. The molecule has 11 nitrogen and oxygen atoms in total. The molecule has 1 aromatic heterocycles. The van der Waals surface area contributed by atoms with Gasteiger partial charge in [0.15, 0.2) is 0 Å². The van der Waals surface area contributed by atoms with E-state index in [9.17, 15) is 24.0 Å². The van der Waals surface area contributed by atoms with Crippen molar-refractivity contribution < 1.29 is 33.8 Å². The fourth-order valence-corrected chi connectivity index (χ4v) is 4.89. The number of carboxylic acids is 1. The van der Waals surface area contributed by atoms with Crippen LogP contribution < -0.4 is 21.3 Å². The maximum atomic E-state index is 12.8. The Bertz CT molecular complexity index is 1410. The minimum Gasteiger partial charge on any atom is -0.481 e. The first-order chi connectivity index (χ1) is 20.1. The molecule has 0 fully saturated rings. The molecular weight excluding hydrogens is 628 g/mol. The third-order valence-electron chi connectivity index (χ3n) is 5.81. The summed E-state index contributed by atoms with van der Waals surface area (Å²) in [5.74, 6) is -2.78. The summed E-state index contributed by atoms with van der Waals surface area (Å²) in [4.78, 5) is 62.1. The van der Waals surface area contributed by atoms with Gasteiger partial charge in [0.2, 0.25) is 17.7 Å². The molecule has 3 rings (SSSR count). The van der Waals surface area contributed by atoms with Gasteiger partial charge in [-0.2, -0.15) is 0 Å². The van der Waals surface area contributed by atoms with Crippen molar-refractivity contribution in [1.82, 2.24) is 10.6 Å². The molecule has 1 heterocycles. The first-order valence-electron chi connectivity index (χ1n) is 12.9. The summed E-state index contributed by atoms with van der Waals surface area (Å²) in [5, 5.41) is 19.2. The van der Waals surface area contributed by atoms with Gasteiger partial charge in [0.1, 0.15) is 12.6 Å². The van der Waals surface area contributed by atoms with Gasteiger partial charge in [0.05, 0.1) is 11.9 Å². The summed E-state index contributed by atoms with van der Waals surface area (Å²) >= 11 is 4.70. The van der Waals surface area contributed by atoms with Crippen LogP contribution in [-0.2, 0) is 36.9 Å². The van der Waals surface area contributed by atoms with E-state index in [1.807, 2.05) is 18.2 Å². The monoisotopic (exact) mass is 658 g/mol. The highest BCUT2D eigenvalue weighted by Crippen LogP contribution is 2.21. The topological polar surface area (TPSA) is 163 Å². The fourth-order valence-electron chi connectivity index (χ4n) is 3.76. The largest absolute Gasteiger partial charge is 0.481 e. The normalized spacial score (nSPS) is 11.2. The lowest BCUT2D eigenvalue weighted by Crippen LogP contribution is -2.47. The molecule has 5 N–H and O–H groups in total. The van der Waals surface area contributed by atoms with E-state index in [4.69, 9.17) is 9.84 Å².